The number of nitrogens with two attached hydrogens (primary N) is 1. The molecular weight excluding hydrogens is 198 g/mol. The van der Waals surface area contributed by atoms with Crippen LogP contribution in [0.5, 0.6) is 0 Å². The van der Waals surface area contributed by atoms with E-state index in [2.05, 4.69) is 43.6 Å². The molecule has 16 heavy (non-hydrogen) atoms. The fourth-order valence-electron chi connectivity index (χ4n) is 1.88. The Balaban J connectivity index is 2.99. The van der Waals surface area contributed by atoms with E-state index >= 15 is 0 Å². The van der Waals surface area contributed by atoms with Gasteiger partial charge in [0, 0.05) is 25.3 Å². The van der Waals surface area contributed by atoms with E-state index < -0.39 is 0 Å². The zero-order chi connectivity index (χ0) is 12.1. The fourth-order valence-corrected chi connectivity index (χ4v) is 1.88. The number of anilines is 1. The van der Waals surface area contributed by atoms with Crippen LogP contribution in [0.4, 0.5) is 5.82 Å². The van der Waals surface area contributed by atoms with Crippen LogP contribution >= 0.6 is 0 Å². The van der Waals surface area contributed by atoms with Gasteiger partial charge >= 0.3 is 0 Å². The monoisotopic (exact) mass is 221 g/mol. The first-order valence-corrected chi connectivity index (χ1v) is 6.11. The fraction of sp³-hybridized carbons (Fsp3) is 0.615. The maximum atomic E-state index is 6.00. The molecule has 1 rings (SSSR count). The summed E-state index contributed by atoms with van der Waals surface area (Å²) in [5, 5.41) is 0. The minimum Gasteiger partial charge on any atom is -0.357 e. The molecule has 0 saturated carbocycles. The van der Waals surface area contributed by atoms with Crippen LogP contribution in [0.1, 0.15) is 44.4 Å². The molecule has 3 nitrogen and oxygen atoms in total. The summed E-state index contributed by atoms with van der Waals surface area (Å²) in [5.74, 6) is 1.08. The Kier molecular flexibility index (Phi) is 4.74. The second-order valence-corrected chi connectivity index (χ2v) is 4.10. The molecule has 1 atom stereocenters. The Bertz CT molecular complexity index is 332. The third-order valence-corrected chi connectivity index (χ3v) is 3.00. The highest BCUT2D eigenvalue weighted by Crippen LogP contribution is 2.21. The Hall–Kier alpha value is -1.09. The summed E-state index contributed by atoms with van der Waals surface area (Å²) in [6.07, 6.45) is 2.86. The zero-order valence-electron chi connectivity index (χ0n) is 10.8. The zero-order valence-corrected chi connectivity index (χ0v) is 10.8. The predicted octanol–water partition coefficient (Wildman–Crippen LogP) is 2.65. The standard InChI is InChI=1S/C13H23N3/c1-5-12(14)11-8-10(4)13(15-9-11)16(6-2)7-3/h8-9,12H,5-7,14H2,1-4H3/t12-/m0/s1. The minimum atomic E-state index is 0.108. The van der Waals surface area contributed by atoms with Crippen molar-refractivity contribution in [3.05, 3.63) is 23.4 Å². The van der Waals surface area contributed by atoms with Gasteiger partial charge in [0.2, 0.25) is 0 Å². The van der Waals surface area contributed by atoms with Crippen molar-refractivity contribution in [2.45, 2.75) is 40.2 Å². The molecule has 0 aromatic carbocycles. The van der Waals surface area contributed by atoms with Crippen molar-refractivity contribution in [3.8, 4) is 0 Å². The molecule has 1 heterocycles. The Morgan fingerprint density at radius 2 is 1.94 bits per heavy atom. The number of rotatable bonds is 5. The van der Waals surface area contributed by atoms with Crippen LogP contribution in [0, 0.1) is 6.92 Å². The van der Waals surface area contributed by atoms with Crippen molar-refractivity contribution >= 4 is 5.82 Å². The van der Waals surface area contributed by atoms with E-state index in [9.17, 15) is 0 Å². The van der Waals surface area contributed by atoms with Crippen LogP contribution in [0.2, 0.25) is 0 Å². The number of hydrogen-bond acceptors (Lipinski definition) is 3. The third kappa shape index (κ3) is 2.73. The highest BCUT2D eigenvalue weighted by atomic mass is 15.2. The SMILES string of the molecule is CC[C@H](N)c1cnc(N(CC)CC)c(C)c1. The number of pyridine rings is 1. The summed E-state index contributed by atoms with van der Waals surface area (Å²) in [5.41, 5.74) is 8.35. The van der Waals surface area contributed by atoms with Crippen molar-refractivity contribution in [1.82, 2.24) is 4.98 Å². The van der Waals surface area contributed by atoms with Gasteiger partial charge in [-0.1, -0.05) is 6.92 Å². The largest absolute Gasteiger partial charge is 0.357 e. The van der Waals surface area contributed by atoms with Gasteiger partial charge in [-0.15, -0.1) is 0 Å². The molecule has 0 aliphatic carbocycles. The first-order valence-electron chi connectivity index (χ1n) is 6.11. The van der Waals surface area contributed by atoms with Crippen LogP contribution in [0.25, 0.3) is 0 Å². The number of aryl methyl sites for hydroxylation is 1. The molecule has 0 aliphatic heterocycles. The summed E-state index contributed by atoms with van der Waals surface area (Å²) in [6.45, 7) is 10.5. The summed E-state index contributed by atoms with van der Waals surface area (Å²) < 4.78 is 0. The molecule has 2 N–H and O–H groups in total. The molecule has 0 bridgehead atoms. The minimum absolute atomic E-state index is 0.108. The Morgan fingerprint density at radius 3 is 2.38 bits per heavy atom. The highest BCUT2D eigenvalue weighted by Gasteiger charge is 2.10. The van der Waals surface area contributed by atoms with Crippen molar-refractivity contribution in [3.63, 3.8) is 0 Å². The van der Waals surface area contributed by atoms with Crippen LogP contribution in [-0.4, -0.2) is 18.1 Å². The van der Waals surface area contributed by atoms with Gasteiger partial charge in [0.1, 0.15) is 5.82 Å². The molecule has 0 aliphatic rings. The maximum Gasteiger partial charge on any atom is 0.131 e. The lowest BCUT2D eigenvalue weighted by molar-refractivity contribution is 0.693. The van der Waals surface area contributed by atoms with Crippen molar-refractivity contribution in [1.29, 1.82) is 0 Å². The second-order valence-electron chi connectivity index (χ2n) is 4.10. The van der Waals surface area contributed by atoms with Crippen LogP contribution in [0.3, 0.4) is 0 Å². The third-order valence-electron chi connectivity index (χ3n) is 3.00. The lowest BCUT2D eigenvalue weighted by atomic mass is 10.1. The van der Waals surface area contributed by atoms with Gasteiger partial charge in [0.15, 0.2) is 0 Å². The van der Waals surface area contributed by atoms with Crippen molar-refractivity contribution in [2.24, 2.45) is 5.73 Å². The van der Waals surface area contributed by atoms with Gasteiger partial charge in [0.05, 0.1) is 0 Å². The quantitative estimate of drug-likeness (QED) is 0.831. The normalized spacial score (nSPS) is 12.6. The van der Waals surface area contributed by atoms with Crippen LogP contribution in [-0.2, 0) is 0 Å². The second kappa shape index (κ2) is 5.85. The number of aromatic nitrogens is 1. The molecule has 0 unspecified atom stereocenters. The Labute approximate surface area is 98.7 Å². The van der Waals surface area contributed by atoms with Gasteiger partial charge in [-0.05, 0) is 44.4 Å². The van der Waals surface area contributed by atoms with Gasteiger partial charge in [-0.25, -0.2) is 4.98 Å². The lowest BCUT2D eigenvalue weighted by Gasteiger charge is -2.22. The van der Waals surface area contributed by atoms with E-state index in [1.165, 1.54) is 5.56 Å². The molecule has 90 valence electrons. The van der Waals surface area contributed by atoms with Crippen molar-refractivity contribution in [2.75, 3.05) is 18.0 Å². The molecule has 3 heteroatoms. The van der Waals surface area contributed by atoms with Gasteiger partial charge in [0.25, 0.3) is 0 Å². The molecule has 0 saturated heterocycles. The van der Waals surface area contributed by atoms with E-state index in [0.717, 1.165) is 30.9 Å². The number of hydrogen-bond donors (Lipinski definition) is 1. The van der Waals surface area contributed by atoms with E-state index in [-0.39, 0.29) is 6.04 Å². The highest BCUT2D eigenvalue weighted by molar-refractivity contribution is 5.47. The molecule has 0 radical (unpaired) electrons. The predicted molar refractivity (Wildman–Crippen MR) is 69.8 cm³/mol. The van der Waals surface area contributed by atoms with Gasteiger partial charge in [-0.3, -0.25) is 0 Å². The molecule has 1 aromatic heterocycles. The average molecular weight is 221 g/mol. The smallest absolute Gasteiger partial charge is 0.131 e. The lowest BCUT2D eigenvalue weighted by Crippen LogP contribution is -2.24. The van der Waals surface area contributed by atoms with Gasteiger partial charge in [-0.2, -0.15) is 0 Å². The summed E-state index contributed by atoms with van der Waals surface area (Å²) in [6, 6.07) is 2.27. The molecule has 0 fully saturated rings. The van der Waals surface area contributed by atoms with Crippen LogP contribution in [0.15, 0.2) is 12.3 Å². The van der Waals surface area contributed by atoms with E-state index in [1.807, 2.05) is 6.20 Å². The summed E-state index contributed by atoms with van der Waals surface area (Å²) in [7, 11) is 0. The van der Waals surface area contributed by atoms with E-state index in [0.29, 0.717) is 0 Å². The molecular formula is C13H23N3. The Morgan fingerprint density at radius 1 is 1.31 bits per heavy atom. The number of nitrogens with zero attached hydrogens (tertiary/aromatic N) is 2. The van der Waals surface area contributed by atoms with E-state index in [1.54, 1.807) is 0 Å². The molecule has 1 aromatic rings. The molecule has 0 amide bonds. The van der Waals surface area contributed by atoms with Crippen LogP contribution < -0.4 is 10.6 Å². The van der Waals surface area contributed by atoms with Crippen molar-refractivity contribution < 1.29 is 0 Å². The first-order chi connectivity index (χ1) is 7.63. The molecule has 0 spiro atoms. The average Bonchev–Trinajstić information content (AvgIpc) is 2.31. The van der Waals surface area contributed by atoms with E-state index in [4.69, 9.17) is 5.73 Å². The first kappa shape index (κ1) is 13.0. The summed E-state index contributed by atoms with van der Waals surface area (Å²) in [4.78, 5) is 6.80. The topological polar surface area (TPSA) is 42.1 Å². The van der Waals surface area contributed by atoms with Gasteiger partial charge < -0.3 is 10.6 Å². The maximum absolute atomic E-state index is 6.00. The summed E-state index contributed by atoms with van der Waals surface area (Å²) >= 11 is 0.